The highest BCUT2D eigenvalue weighted by atomic mass is 15.1. The molecule has 2 heteroatoms. The van der Waals surface area contributed by atoms with E-state index in [2.05, 4.69) is 25.8 Å². The maximum atomic E-state index is 5.83. The van der Waals surface area contributed by atoms with Crippen LogP contribution in [0.5, 0.6) is 0 Å². The van der Waals surface area contributed by atoms with Crippen molar-refractivity contribution in [3.63, 3.8) is 0 Å². The van der Waals surface area contributed by atoms with Gasteiger partial charge in [-0.3, -0.25) is 0 Å². The molecular weight excluding hydrogens is 196 g/mol. The van der Waals surface area contributed by atoms with Gasteiger partial charge in [-0.15, -0.1) is 0 Å². The lowest BCUT2D eigenvalue weighted by molar-refractivity contribution is 0.194. The maximum Gasteiger partial charge on any atom is 0.000661 e. The van der Waals surface area contributed by atoms with Gasteiger partial charge in [0.05, 0.1) is 0 Å². The maximum absolute atomic E-state index is 5.83. The zero-order valence-corrected chi connectivity index (χ0v) is 11.4. The van der Waals surface area contributed by atoms with Gasteiger partial charge in [0, 0.05) is 6.54 Å². The molecule has 0 saturated heterocycles. The van der Waals surface area contributed by atoms with Crippen molar-refractivity contribution in [2.24, 2.45) is 23.5 Å². The Morgan fingerprint density at radius 1 is 1.31 bits per heavy atom. The Labute approximate surface area is 102 Å². The van der Waals surface area contributed by atoms with Gasteiger partial charge in [-0.2, -0.15) is 0 Å². The number of hydrogen-bond acceptors (Lipinski definition) is 2. The number of nitrogens with zero attached hydrogens (tertiary/aromatic N) is 1. The zero-order valence-electron chi connectivity index (χ0n) is 11.4. The largest absolute Gasteiger partial charge is 0.330 e. The van der Waals surface area contributed by atoms with Crippen molar-refractivity contribution < 1.29 is 0 Å². The summed E-state index contributed by atoms with van der Waals surface area (Å²) in [6.07, 6.45) is 6.93. The van der Waals surface area contributed by atoms with Crippen LogP contribution in [0.15, 0.2) is 0 Å². The molecule has 0 amide bonds. The van der Waals surface area contributed by atoms with Crippen LogP contribution < -0.4 is 5.73 Å². The highest BCUT2D eigenvalue weighted by Crippen LogP contribution is 2.27. The highest BCUT2D eigenvalue weighted by Gasteiger charge is 2.19. The minimum atomic E-state index is 0.726. The summed E-state index contributed by atoms with van der Waals surface area (Å²) < 4.78 is 0. The minimum Gasteiger partial charge on any atom is -0.330 e. The SMILES string of the molecule is CC(C)CC(CN)CCN(C)CC1CCC1. The molecular formula is C14H30N2. The van der Waals surface area contributed by atoms with Gasteiger partial charge in [0.1, 0.15) is 0 Å². The van der Waals surface area contributed by atoms with Crippen LogP contribution in [0.25, 0.3) is 0 Å². The van der Waals surface area contributed by atoms with E-state index in [1.807, 2.05) is 0 Å². The van der Waals surface area contributed by atoms with Gasteiger partial charge >= 0.3 is 0 Å². The van der Waals surface area contributed by atoms with Crippen LogP contribution >= 0.6 is 0 Å². The molecule has 2 N–H and O–H groups in total. The average Bonchev–Trinajstić information content (AvgIpc) is 2.17. The van der Waals surface area contributed by atoms with Gasteiger partial charge in [-0.05, 0) is 63.6 Å². The van der Waals surface area contributed by atoms with Crippen molar-refractivity contribution >= 4 is 0 Å². The van der Waals surface area contributed by atoms with Crippen LogP contribution in [-0.4, -0.2) is 31.6 Å². The van der Waals surface area contributed by atoms with Crippen molar-refractivity contribution in [3.8, 4) is 0 Å². The number of hydrogen-bond donors (Lipinski definition) is 1. The molecule has 0 heterocycles. The fraction of sp³-hybridized carbons (Fsp3) is 1.00. The summed E-state index contributed by atoms with van der Waals surface area (Å²) >= 11 is 0. The van der Waals surface area contributed by atoms with Gasteiger partial charge in [0.15, 0.2) is 0 Å². The highest BCUT2D eigenvalue weighted by molar-refractivity contribution is 4.73. The lowest BCUT2D eigenvalue weighted by atomic mass is 9.85. The van der Waals surface area contributed by atoms with Crippen LogP contribution in [0.4, 0.5) is 0 Å². The molecule has 0 bridgehead atoms. The molecule has 0 aliphatic heterocycles. The normalized spacial score (nSPS) is 19.1. The molecule has 1 aliphatic rings. The van der Waals surface area contributed by atoms with E-state index in [1.54, 1.807) is 0 Å². The first-order chi connectivity index (χ1) is 7.61. The molecule has 96 valence electrons. The van der Waals surface area contributed by atoms with Crippen LogP contribution in [0.2, 0.25) is 0 Å². The van der Waals surface area contributed by atoms with Crippen LogP contribution in [0.1, 0.15) is 46.0 Å². The second-order valence-corrected chi connectivity index (χ2v) is 6.08. The van der Waals surface area contributed by atoms with Gasteiger partial charge < -0.3 is 10.6 Å². The second kappa shape index (κ2) is 7.29. The van der Waals surface area contributed by atoms with Gasteiger partial charge in [-0.1, -0.05) is 20.3 Å². The summed E-state index contributed by atoms with van der Waals surface area (Å²) in [4.78, 5) is 2.51. The van der Waals surface area contributed by atoms with Gasteiger partial charge in [0.25, 0.3) is 0 Å². The summed E-state index contributed by atoms with van der Waals surface area (Å²) in [6.45, 7) is 7.97. The molecule has 2 nitrogen and oxygen atoms in total. The summed E-state index contributed by atoms with van der Waals surface area (Å²) in [7, 11) is 2.27. The number of nitrogens with two attached hydrogens (primary N) is 1. The third-order valence-electron chi connectivity index (χ3n) is 3.85. The molecule has 1 atom stereocenters. The monoisotopic (exact) mass is 226 g/mol. The van der Waals surface area contributed by atoms with E-state index in [0.29, 0.717) is 0 Å². The molecule has 0 spiro atoms. The third-order valence-corrected chi connectivity index (χ3v) is 3.85. The van der Waals surface area contributed by atoms with E-state index in [0.717, 1.165) is 24.3 Å². The molecule has 0 radical (unpaired) electrons. The van der Waals surface area contributed by atoms with Crippen LogP contribution in [0, 0.1) is 17.8 Å². The van der Waals surface area contributed by atoms with Crippen molar-refractivity contribution in [1.82, 2.24) is 4.90 Å². The summed E-state index contributed by atoms with van der Waals surface area (Å²) in [6, 6.07) is 0. The summed E-state index contributed by atoms with van der Waals surface area (Å²) in [5.41, 5.74) is 5.83. The Balaban J connectivity index is 2.10. The van der Waals surface area contributed by atoms with Crippen LogP contribution in [-0.2, 0) is 0 Å². The summed E-state index contributed by atoms with van der Waals surface area (Å²) in [5.74, 6) is 2.50. The molecule has 16 heavy (non-hydrogen) atoms. The standard InChI is InChI=1S/C14H30N2/c1-12(2)9-14(10-15)7-8-16(3)11-13-5-4-6-13/h12-14H,4-11,15H2,1-3H3. The third kappa shape index (κ3) is 5.31. The smallest absolute Gasteiger partial charge is 0.000661 e. The molecule has 0 aromatic carbocycles. The first-order valence-corrected chi connectivity index (χ1v) is 7.00. The molecule has 1 rings (SSSR count). The fourth-order valence-electron chi connectivity index (χ4n) is 2.61. The Hall–Kier alpha value is -0.0800. The van der Waals surface area contributed by atoms with E-state index < -0.39 is 0 Å². The quantitative estimate of drug-likeness (QED) is 0.689. The lowest BCUT2D eigenvalue weighted by Crippen LogP contribution is -2.32. The predicted molar refractivity (Wildman–Crippen MR) is 71.5 cm³/mol. The molecule has 0 aromatic heterocycles. The molecule has 0 aromatic rings. The van der Waals surface area contributed by atoms with E-state index in [-0.39, 0.29) is 0 Å². The molecule has 1 saturated carbocycles. The van der Waals surface area contributed by atoms with Crippen molar-refractivity contribution in [3.05, 3.63) is 0 Å². The Kier molecular flexibility index (Phi) is 6.37. The summed E-state index contributed by atoms with van der Waals surface area (Å²) in [5, 5.41) is 0. The zero-order chi connectivity index (χ0) is 12.0. The Morgan fingerprint density at radius 2 is 2.00 bits per heavy atom. The minimum absolute atomic E-state index is 0.726. The average molecular weight is 226 g/mol. The number of rotatable bonds is 8. The molecule has 1 unspecified atom stereocenters. The Morgan fingerprint density at radius 3 is 2.44 bits per heavy atom. The van der Waals surface area contributed by atoms with Crippen molar-refractivity contribution in [2.45, 2.75) is 46.0 Å². The molecule has 1 fully saturated rings. The van der Waals surface area contributed by atoms with Gasteiger partial charge in [-0.25, -0.2) is 0 Å². The topological polar surface area (TPSA) is 29.3 Å². The van der Waals surface area contributed by atoms with Crippen LogP contribution in [0.3, 0.4) is 0 Å². The van der Waals surface area contributed by atoms with Crippen molar-refractivity contribution in [2.75, 3.05) is 26.7 Å². The van der Waals surface area contributed by atoms with Gasteiger partial charge in [0.2, 0.25) is 0 Å². The first kappa shape index (κ1) is 14.0. The van der Waals surface area contributed by atoms with E-state index in [1.165, 1.54) is 45.2 Å². The molecule has 1 aliphatic carbocycles. The van der Waals surface area contributed by atoms with Crippen molar-refractivity contribution in [1.29, 1.82) is 0 Å². The fourth-order valence-corrected chi connectivity index (χ4v) is 2.61. The lowest BCUT2D eigenvalue weighted by Gasteiger charge is -2.31. The predicted octanol–water partition coefficient (Wildman–Crippen LogP) is 2.73. The first-order valence-electron chi connectivity index (χ1n) is 7.00. The van der Waals surface area contributed by atoms with E-state index in [9.17, 15) is 0 Å². The Bertz CT molecular complexity index is 176. The van der Waals surface area contributed by atoms with E-state index in [4.69, 9.17) is 5.73 Å². The second-order valence-electron chi connectivity index (χ2n) is 6.08. The van der Waals surface area contributed by atoms with E-state index >= 15 is 0 Å².